The molecule has 4 aliphatic heterocycles. The molecule has 5 aliphatic rings. The largest absolute Gasteiger partial charge is 0.379 e. The maximum Gasteiger partial charge on any atom is 0.135 e. The molecule has 3 saturated heterocycles. The highest BCUT2D eigenvalue weighted by Crippen LogP contribution is 2.54. The van der Waals surface area contributed by atoms with Crippen molar-refractivity contribution in [3.8, 4) is 0 Å². The highest BCUT2D eigenvalue weighted by Gasteiger charge is 2.64. The molecule has 5 nitrogen and oxygen atoms in total. The molecule has 1 saturated carbocycles. The standard InChI is InChI=1S/C18H18N4O/c1-2-10-8-20-15-6-11(3-4-14(15)21-18(10)19-5-1)22-9-12-7-13-16(22)17(13)23-12/h1-6,12-13,16-17,20H,7-9H2,(H,19,21). The first kappa shape index (κ1) is 12.2. The van der Waals surface area contributed by atoms with Gasteiger partial charge < -0.3 is 20.3 Å². The van der Waals surface area contributed by atoms with E-state index in [9.17, 15) is 0 Å². The molecule has 1 aromatic heterocycles. The van der Waals surface area contributed by atoms with Crippen LogP contribution in [0.5, 0.6) is 0 Å². The van der Waals surface area contributed by atoms with Gasteiger partial charge in [-0.3, -0.25) is 0 Å². The van der Waals surface area contributed by atoms with Crippen LogP contribution in [0.2, 0.25) is 0 Å². The smallest absolute Gasteiger partial charge is 0.135 e. The topological polar surface area (TPSA) is 49.4 Å². The molecule has 2 N–H and O–H groups in total. The number of nitrogens with one attached hydrogen (secondary N) is 2. The van der Waals surface area contributed by atoms with E-state index in [1.165, 1.54) is 17.7 Å². The second kappa shape index (κ2) is 4.17. The molecule has 1 aliphatic carbocycles. The zero-order chi connectivity index (χ0) is 15.0. The minimum atomic E-state index is 0.438. The van der Waals surface area contributed by atoms with Gasteiger partial charge in [-0.05, 0) is 30.7 Å². The second-order valence-corrected chi connectivity index (χ2v) is 6.98. The summed E-state index contributed by atoms with van der Waals surface area (Å²) in [7, 11) is 0. The number of fused-ring (bicyclic) bond motifs is 3. The average Bonchev–Trinajstić information content (AvgIpc) is 3.22. The van der Waals surface area contributed by atoms with Crippen molar-refractivity contribution in [1.82, 2.24) is 4.98 Å². The first-order valence-electron chi connectivity index (χ1n) is 8.38. The van der Waals surface area contributed by atoms with Gasteiger partial charge in [0, 0.05) is 36.5 Å². The van der Waals surface area contributed by atoms with Gasteiger partial charge in [0.25, 0.3) is 0 Å². The van der Waals surface area contributed by atoms with Crippen LogP contribution >= 0.6 is 0 Å². The monoisotopic (exact) mass is 306 g/mol. The Kier molecular flexibility index (Phi) is 2.21. The summed E-state index contributed by atoms with van der Waals surface area (Å²) < 4.78 is 5.98. The number of anilines is 4. The van der Waals surface area contributed by atoms with E-state index >= 15 is 0 Å². The Labute approximate surface area is 134 Å². The summed E-state index contributed by atoms with van der Waals surface area (Å²) in [6, 6.07) is 11.4. The summed E-state index contributed by atoms with van der Waals surface area (Å²) in [5, 5.41) is 7.01. The number of hydrogen-bond acceptors (Lipinski definition) is 5. The third-order valence-corrected chi connectivity index (χ3v) is 5.65. The zero-order valence-electron chi connectivity index (χ0n) is 12.7. The van der Waals surface area contributed by atoms with E-state index in [2.05, 4.69) is 44.8 Å². The van der Waals surface area contributed by atoms with Gasteiger partial charge in [0.2, 0.25) is 0 Å². The zero-order valence-corrected chi connectivity index (χ0v) is 12.7. The number of nitrogens with zero attached hydrogens (tertiary/aromatic N) is 2. The molecule has 23 heavy (non-hydrogen) atoms. The van der Waals surface area contributed by atoms with Crippen molar-refractivity contribution < 1.29 is 4.74 Å². The Bertz CT molecular complexity index is 795. The molecule has 1 aromatic carbocycles. The van der Waals surface area contributed by atoms with Crippen molar-refractivity contribution in [2.75, 3.05) is 22.1 Å². The molecular formula is C18H18N4O. The number of hydrogen-bond donors (Lipinski definition) is 2. The molecule has 0 spiro atoms. The van der Waals surface area contributed by atoms with E-state index in [1.54, 1.807) is 0 Å². The van der Waals surface area contributed by atoms with Crippen LogP contribution in [0.4, 0.5) is 22.9 Å². The van der Waals surface area contributed by atoms with E-state index in [0.29, 0.717) is 18.2 Å². The van der Waals surface area contributed by atoms with Crippen molar-refractivity contribution in [3.63, 3.8) is 0 Å². The number of ether oxygens (including phenoxy) is 1. The predicted molar refractivity (Wildman–Crippen MR) is 89.2 cm³/mol. The van der Waals surface area contributed by atoms with Crippen molar-refractivity contribution in [1.29, 1.82) is 0 Å². The van der Waals surface area contributed by atoms with Gasteiger partial charge in [-0.2, -0.15) is 0 Å². The van der Waals surface area contributed by atoms with Gasteiger partial charge in [0.15, 0.2) is 0 Å². The van der Waals surface area contributed by atoms with Crippen LogP contribution in [-0.4, -0.2) is 29.8 Å². The minimum Gasteiger partial charge on any atom is -0.379 e. The Morgan fingerprint density at radius 3 is 3.09 bits per heavy atom. The van der Waals surface area contributed by atoms with Crippen LogP contribution in [0.15, 0.2) is 36.5 Å². The fraction of sp³-hybridized carbons (Fsp3) is 0.389. The summed E-state index contributed by atoms with van der Waals surface area (Å²) in [6.45, 7) is 1.83. The highest BCUT2D eigenvalue weighted by molar-refractivity contribution is 5.80. The first-order valence-corrected chi connectivity index (χ1v) is 8.38. The number of rotatable bonds is 1. The van der Waals surface area contributed by atoms with Crippen LogP contribution in [0.25, 0.3) is 0 Å². The summed E-state index contributed by atoms with van der Waals surface area (Å²) in [6.07, 6.45) is 4.02. The molecule has 5 heterocycles. The number of pyridine rings is 1. The molecule has 4 bridgehead atoms. The van der Waals surface area contributed by atoms with Crippen LogP contribution in [0.3, 0.4) is 0 Å². The molecule has 116 valence electrons. The Hall–Kier alpha value is -2.27. The highest BCUT2D eigenvalue weighted by atomic mass is 16.5. The third-order valence-electron chi connectivity index (χ3n) is 5.65. The first-order chi connectivity index (χ1) is 11.4. The lowest BCUT2D eigenvalue weighted by atomic mass is 10.1. The van der Waals surface area contributed by atoms with Gasteiger partial charge in [-0.1, -0.05) is 6.07 Å². The van der Waals surface area contributed by atoms with Gasteiger partial charge in [-0.25, -0.2) is 4.98 Å². The lowest BCUT2D eigenvalue weighted by Gasteiger charge is -2.36. The minimum absolute atomic E-state index is 0.438. The molecule has 0 amide bonds. The fourth-order valence-electron chi connectivity index (χ4n) is 4.48. The molecule has 5 heteroatoms. The van der Waals surface area contributed by atoms with Crippen molar-refractivity contribution in [2.45, 2.75) is 31.2 Å². The van der Waals surface area contributed by atoms with Crippen molar-refractivity contribution in [2.24, 2.45) is 5.92 Å². The molecule has 4 unspecified atom stereocenters. The normalized spacial score (nSPS) is 32.3. The molecule has 4 fully saturated rings. The maximum absolute atomic E-state index is 5.98. The van der Waals surface area contributed by atoms with Crippen LogP contribution in [0.1, 0.15) is 12.0 Å². The van der Waals surface area contributed by atoms with Crippen molar-refractivity contribution >= 4 is 22.9 Å². The Morgan fingerprint density at radius 2 is 2.22 bits per heavy atom. The second-order valence-electron chi connectivity index (χ2n) is 6.98. The van der Waals surface area contributed by atoms with Crippen LogP contribution in [-0.2, 0) is 11.3 Å². The van der Waals surface area contributed by atoms with Gasteiger partial charge in [-0.15, -0.1) is 0 Å². The molecule has 4 atom stereocenters. The summed E-state index contributed by atoms with van der Waals surface area (Å²) >= 11 is 0. The van der Waals surface area contributed by atoms with E-state index in [0.717, 1.165) is 36.2 Å². The number of piperidine rings is 1. The predicted octanol–water partition coefficient (Wildman–Crippen LogP) is 2.73. The lowest BCUT2D eigenvalue weighted by molar-refractivity contribution is 0.0496. The SMILES string of the molecule is c1cnc2c(c1)CNc1cc(N3CC4CC5C(O4)C53)ccc1N2. The molecular weight excluding hydrogens is 288 g/mol. The van der Waals surface area contributed by atoms with Crippen LogP contribution in [0, 0.1) is 5.92 Å². The Morgan fingerprint density at radius 1 is 1.22 bits per heavy atom. The molecule has 7 rings (SSSR count). The van der Waals surface area contributed by atoms with E-state index in [-0.39, 0.29) is 0 Å². The average molecular weight is 306 g/mol. The van der Waals surface area contributed by atoms with E-state index in [4.69, 9.17) is 4.74 Å². The fourth-order valence-corrected chi connectivity index (χ4v) is 4.48. The number of morpholine rings is 1. The quantitative estimate of drug-likeness (QED) is 0.848. The Balaban J connectivity index is 1.35. The number of benzene rings is 1. The van der Waals surface area contributed by atoms with Gasteiger partial charge in [0.05, 0.1) is 29.6 Å². The third kappa shape index (κ3) is 1.68. The summed E-state index contributed by atoms with van der Waals surface area (Å²) in [4.78, 5) is 6.99. The van der Waals surface area contributed by atoms with Gasteiger partial charge >= 0.3 is 0 Å². The van der Waals surface area contributed by atoms with E-state index in [1.807, 2.05) is 12.3 Å². The maximum atomic E-state index is 5.98. The number of aromatic nitrogens is 1. The lowest BCUT2D eigenvalue weighted by Crippen LogP contribution is -2.44. The summed E-state index contributed by atoms with van der Waals surface area (Å²) in [5.74, 6) is 1.72. The van der Waals surface area contributed by atoms with Gasteiger partial charge in [0.1, 0.15) is 5.82 Å². The van der Waals surface area contributed by atoms with Crippen molar-refractivity contribution in [3.05, 3.63) is 42.1 Å². The van der Waals surface area contributed by atoms with Crippen LogP contribution < -0.4 is 15.5 Å². The molecule has 2 aromatic rings. The van der Waals surface area contributed by atoms with E-state index < -0.39 is 0 Å². The summed E-state index contributed by atoms with van der Waals surface area (Å²) in [5.41, 5.74) is 4.75. The molecule has 0 radical (unpaired) electrons.